The van der Waals surface area contributed by atoms with Gasteiger partial charge in [0.1, 0.15) is 0 Å². The quantitative estimate of drug-likeness (QED) is 0.142. The summed E-state index contributed by atoms with van der Waals surface area (Å²) in [5.41, 5.74) is 4.92. The first-order valence-electron chi connectivity index (χ1n) is 11.1. The Morgan fingerprint density at radius 1 is 0.615 bits per heavy atom. The second kappa shape index (κ2) is 15.6. The van der Waals surface area contributed by atoms with Crippen molar-refractivity contribution in [2.24, 2.45) is 4.99 Å². The maximum atomic E-state index is 4.60. The van der Waals surface area contributed by atoms with Gasteiger partial charge in [0.25, 0.3) is 0 Å². The van der Waals surface area contributed by atoms with Gasteiger partial charge in [-0.25, -0.2) is 0 Å². The highest BCUT2D eigenvalue weighted by molar-refractivity contribution is 6.82. The molecule has 0 aromatic carbocycles. The fourth-order valence-corrected chi connectivity index (χ4v) is 7.70. The molecule has 0 heterocycles. The smallest absolute Gasteiger partial charge is 0.0716 e. The molecule has 0 aliphatic rings. The predicted octanol–water partition coefficient (Wildman–Crippen LogP) is 8.22. The van der Waals surface area contributed by atoms with Crippen LogP contribution in [0, 0.1) is 0 Å². The maximum Gasteiger partial charge on any atom is 0.0716 e. The Labute approximate surface area is 167 Å². The van der Waals surface area contributed by atoms with Crippen LogP contribution in [0.15, 0.2) is 28.5 Å². The summed E-state index contributed by atoms with van der Waals surface area (Å²) in [6.45, 7) is 15.2. The van der Waals surface area contributed by atoms with Crippen molar-refractivity contribution in [3.05, 3.63) is 23.6 Å². The molecule has 0 radical (unpaired) electrons. The molecule has 152 valence electrons. The van der Waals surface area contributed by atoms with E-state index in [4.69, 9.17) is 0 Å². The second-order valence-electron chi connectivity index (χ2n) is 9.18. The van der Waals surface area contributed by atoms with Crippen LogP contribution in [0.3, 0.4) is 0 Å². The highest BCUT2D eigenvalue weighted by Crippen LogP contribution is 2.17. The van der Waals surface area contributed by atoms with Gasteiger partial charge >= 0.3 is 0 Å². The third-order valence-electron chi connectivity index (χ3n) is 5.14. The molecule has 0 aliphatic carbocycles. The third kappa shape index (κ3) is 17.0. The van der Waals surface area contributed by atoms with E-state index < -0.39 is 16.1 Å². The molecule has 3 heteroatoms. The molecular formula is C23H47NSi2. The Kier molecular flexibility index (Phi) is 15.4. The summed E-state index contributed by atoms with van der Waals surface area (Å²) in [7, 11) is -2.10. The lowest BCUT2D eigenvalue weighted by Crippen LogP contribution is -2.21. The summed E-state index contributed by atoms with van der Waals surface area (Å²) in [6, 6.07) is 2.79. The van der Waals surface area contributed by atoms with E-state index in [9.17, 15) is 0 Å². The molecule has 0 fully saturated rings. The van der Waals surface area contributed by atoms with Gasteiger partial charge in [-0.2, -0.15) is 0 Å². The van der Waals surface area contributed by atoms with Crippen LogP contribution in [-0.4, -0.2) is 28.9 Å². The number of nitrogens with zero attached hydrogens (tertiary/aromatic N) is 1. The summed E-state index contributed by atoms with van der Waals surface area (Å²) in [5, 5.41) is 0. The Morgan fingerprint density at radius 3 is 1.62 bits per heavy atom. The Bertz CT molecular complexity index is 408. The monoisotopic (exact) mass is 393 g/mol. The third-order valence-corrected chi connectivity index (χ3v) is 10.8. The van der Waals surface area contributed by atoms with Crippen LogP contribution in [-0.2, 0) is 0 Å². The van der Waals surface area contributed by atoms with Crippen LogP contribution in [0.2, 0.25) is 38.3 Å². The number of aliphatic imine (C=N–C) groups is 1. The molecule has 0 bridgehead atoms. The van der Waals surface area contributed by atoms with Gasteiger partial charge in [0.05, 0.1) is 16.1 Å². The lowest BCUT2D eigenvalue weighted by atomic mass is 10.1. The SMILES string of the molecule is C/C=C/[Si](C)(C)CCC=NCCCCCCCCCC[Si](C)(C)/C=C/C. The standard InChI is InChI=1S/C23H47NSi2/c1-7-20-25(3,4)22-16-14-12-10-9-11-13-15-18-24-19-17-23-26(5,6)21-8-2/h7-8,19-21H,9-18,22-23H2,1-6H3/b20-7+,21-8+,24-19?. The molecule has 0 saturated carbocycles. The molecule has 0 aliphatic heterocycles. The van der Waals surface area contributed by atoms with E-state index in [1.807, 2.05) is 0 Å². The highest BCUT2D eigenvalue weighted by atomic mass is 28.3. The van der Waals surface area contributed by atoms with E-state index in [1.54, 1.807) is 0 Å². The van der Waals surface area contributed by atoms with Crippen LogP contribution in [0.1, 0.15) is 71.6 Å². The van der Waals surface area contributed by atoms with E-state index >= 15 is 0 Å². The van der Waals surface area contributed by atoms with Gasteiger partial charge in [0.15, 0.2) is 0 Å². The topological polar surface area (TPSA) is 12.4 Å². The summed E-state index contributed by atoms with van der Waals surface area (Å²) >= 11 is 0. The van der Waals surface area contributed by atoms with E-state index in [0.29, 0.717) is 0 Å². The fourth-order valence-electron chi connectivity index (χ4n) is 3.53. The average molecular weight is 394 g/mol. The summed E-state index contributed by atoms with van der Waals surface area (Å²) < 4.78 is 0. The van der Waals surface area contributed by atoms with E-state index in [-0.39, 0.29) is 0 Å². The molecule has 0 amide bonds. The summed E-state index contributed by atoms with van der Waals surface area (Å²) in [4.78, 5) is 4.60. The van der Waals surface area contributed by atoms with E-state index in [0.717, 1.165) is 13.0 Å². The molecule has 0 saturated heterocycles. The molecule has 0 N–H and O–H groups in total. The molecular weight excluding hydrogens is 346 g/mol. The second-order valence-corrected chi connectivity index (χ2v) is 18.8. The first kappa shape index (κ1) is 25.6. The number of hydrogen-bond donors (Lipinski definition) is 0. The Hall–Kier alpha value is -0.416. The molecule has 0 aromatic rings. The molecule has 0 atom stereocenters. The molecule has 0 aromatic heterocycles. The zero-order valence-corrected chi connectivity index (χ0v) is 20.8. The molecule has 0 unspecified atom stereocenters. The Morgan fingerprint density at radius 2 is 1.08 bits per heavy atom. The van der Waals surface area contributed by atoms with Gasteiger partial charge in [0, 0.05) is 6.54 Å². The average Bonchev–Trinajstić information content (AvgIpc) is 2.55. The van der Waals surface area contributed by atoms with Crippen LogP contribution in [0.25, 0.3) is 0 Å². The van der Waals surface area contributed by atoms with Crippen molar-refractivity contribution in [1.29, 1.82) is 0 Å². The highest BCUT2D eigenvalue weighted by Gasteiger charge is 2.15. The van der Waals surface area contributed by atoms with Gasteiger partial charge in [-0.05, 0) is 38.9 Å². The minimum atomic E-state index is -1.09. The van der Waals surface area contributed by atoms with Gasteiger partial charge in [-0.3, -0.25) is 4.99 Å². The van der Waals surface area contributed by atoms with Crippen molar-refractivity contribution >= 4 is 22.4 Å². The summed E-state index contributed by atoms with van der Waals surface area (Å²) in [5.74, 6) is 0. The van der Waals surface area contributed by atoms with Crippen molar-refractivity contribution in [1.82, 2.24) is 0 Å². The summed E-state index contributed by atoms with van der Waals surface area (Å²) in [6.07, 6.45) is 19.0. The van der Waals surface area contributed by atoms with Crippen molar-refractivity contribution in [3.63, 3.8) is 0 Å². The first-order valence-corrected chi connectivity index (χ1v) is 17.7. The van der Waals surface area contributed by atoms with Crippen molar-refractivity contribution in [2.45, 2.75) is 110 Å². The lowest BCUT2D eigenvalue weighted by Gasteiger charge is -2.17. The Balaban J connectivity index is 3.40. The van der Waals surface area contributed by atoms with Gasteiger partial charge in [-0.1, -0.05) is 101 Å². The molecule has 0 rings (SSSR count). The van der Waals surface area contributed by atoms with Gasteiger partial charge in [-0.15, -0.1) is 0 Å². The van der Waals surface area contributed by atoms with E-state index in [2.05, 4.69) is 74.8 Å². The molecule has 26 heavy (non-hydrogen) atoms. The van der Waals surface area contributed by atoms with Crippen LogP contribution in [0.5, 0.6) is 0 Å². The normalized spacial score (nSPS) is 13.6. The van der Waals surface area contributed by atoms with Crippen LogP contribution >= 0.6 is 0 Å². The number of rotatable bonds is 16. The lowest BCUT2D eigenvalue weighted by molar-refractivity contribution is 0.577. The minimum absolute atomic E-state index is 1.01. The number of hydrogen-bond acceptors (Lipinski definition) is 1. The van der Waals surface area contributed by atoms with Crippen molar-refractivity contribution < 1.29 is 0 Å². The maximum absolute atomic E-state index is 4.60. The van der Waals surface area contributed by atoms with Gasteiger partial charge in [0.2, 0.25) is 0 Å². The largest absolute Gasteiger partial charge is 0.298 e. The molecule has 1 nitrogen and oxygen atoms in total. The van der Waals surface area contributed by atoms with Crippen LogP contribution < -0.4 is 0 Å². The zero-order valence-electron chi connectivity index (χ0n) is 18.8. The minimum Gasteiger partial charge on any atom is -0.298 e. The van der Waals surface area contributed by atoms with Crippen molar-refractivity contribution in [2.75, 3.05) is 6.54 Å². The number of allylic oxidation sites excluding steroid dienone is 2. The molecule has 0 spiro atoms. The van der Waals surface area contributed by atoms with Crippen LogP contribution in [0.4, 0.5) is 0 Å². The first-order chi connectivity index (χ1) is 12.3. The fraction of sp³-hybridized carbons (Fsp3) is 0.783. The zero-order chi connectivity index (χ0) is 19.7. The predicted molar refractivity (Wildman–Crippen MR) is 129 cm³/mol. The van der Waals surface area contributed by atoms with E-state index in [1.165, 1.54) is 63.5 Å². The number of unbranched alkanes of at least 4 members (excludes halogenated alkanes) is 7. The van der Waals surface area contributed by atoms with Crippen molar-refractivity contribution in [3.8, 4) is 0 Å². The van der Waals surface area contributed by atoms with Gasteiger partial charge < -0.3 is 0 Å².